The first-order valence-corrected chi connectivity index (χ1v) is 19.5. The number of thiophene rings is 1. The molecule has 0 aromatic carbocycles. The maximum Gasteiger partial charge on any atom is 0.410 e. The van der Waals surface area contributed by atoms with Gasteiger partial charge in [0.15, 0.2) is 0 Å². The van der Waals surface area contributed by atoms with Crippen LogP contribution in [0.3, 0.4) is 0 Å². The van der Waals surface area contributed by atoms with Crippen molar-refractivity contribution in [3.63, 3.8) is 0 Å². The Morgan fingerprint density at radius 1 is 1.25 bits per heavy atom. The van der Waals surface area contributed by atoms with Crippen molar-refractivity contribution < 1.29 is 24.2 Å². The van der Waals surface area contributed by atoms with E-state index < -0.39 is 16.8 Å². The number of rotatable bonds is 8. The van der Waals surface area contributed by atoms with Crippen molar-refractivity contribution in [2.24, 2.45) is 10.1 Å². The van der Waals surface area contributed by atoms with E-state index in [1.165, 1.54) is 11.3 Å². The van der Waals surface area contributed by atoms with Gasteiger partial charge < -0.3 is 29.2 Å². The standard InChI is InChI=1S/C38H55N9O5S/c1-23-20-46(21-24(2)47(23)35(48)51-36(4,5)6)30-17-31(50-25(3)27-13-12-16-45(27)10)42-34(41-30)38(49)18-29(43-52-38)37(7)15-11-14-28-32(37)26(19-39)33(53-28)40-22-44(8)9/h17,22-25,27,49H,11-16,18,20-21H2,1-10H3/b40-22+/t23-,24+,25-,27-,37+,38?/m0/s1. The van der Waals surface area contributed by atoms with E-state index in [4.69, 9.17) is 24.3 Å². The summed E-state index contributed by atoms with van der Waals surface area (Å²) in [5.74, 6) is -1.03. The number of carbonyl (C=O) groups is 1. The van der Waals surface area contributed by atoms with Crippen molar-refractivity contribution in [1.29, 1.82) is 5.26 Å². The second-order valence-corrected chi connectivity index (χ2v) is 17.7. The molecule has 2 fully saturated rings. The van der Waals surface area contributed by atoms with Crippen LogP contribution in [-0.2, 0) is 27.2 Å². The molecular weight excluding hydrogens is 695 g/mol. The van der Waals surface area contributed by atoms with E-state index >= 15 is 0 Å². The predicted molar refractivity (Wildman–Crippen MR) is 205 cm³/mol. The van der Waals surface area contributed by atoms with Crippen molar-refractivity contribution >= 4 is 40.3 Å². The fraction of sp³-hybridized carbons (Fsp3) is 0.684. The number of ether oxygens (including phenoxy) is 2. The van der Waals surface area contributed by atoms with Crippen molar-refractivity contribution in [1.82, 2.24) is 24.7 Å². The van der Waals surface area contributed by atoms with Crippen LogP contribution in [0.4, 0.5) is 15.6 Å². The van der Waals surface area contributed by atoms with Crippen LogP contribution in [0.15, 0.2) is 16.2 Å². The third-order valence-corrected chi connectivity index (χ3v) is 11.9. The summed E-state index contributed by atoms with van der Waals surface area (Å²) in [6, 6.07) is 4.09. The Balaban J connectivity index is 1.32. The fourth-order valence-corrected chi connectivity index (χ4v) is 9.49. The maximum atomic E-state index is 13.2. The second-order valence-electron chi connectivity index (χ2n) is 16.6. The number of fused-ring (bicyclic) bond motifs is 1. The molecule has 1 amide bonds. The zero-order valence-corrected chi connectivity index (χ0v) is 33.7. The van der Waals surface area contributed by atoms with E-state index in [1.807, 2.05) is 66.6 Å². The van der Waals surface area contributed by atoms with E-state index in [1.54, 1.807) is 11.2 Å². The minimum absolute atomic E-state index is 0.0169. The first kappa shape index (κ1) is 38.7. The van der Waals surface area contributed by atoms with E-state index in [9.17, 15) is 15.2 Å². The zero-order valence-electron chi connectivity index (χ0n) is 32.8. The molecule has 2 saturated heterocycles. The Labute approximate surface area is 317 Å². The minimum atomic E-state index is -1.97. The number of likely N-dealkylation sites (tertiary alicyclic amines) is 1. The number of anilines is 1. The van der Waals surface area contributed by atoms with Gasteiger partial charge in [-0.1, -0.05) is 5.16 Å². The number of aromatic nitrogens is 2. The number of nitriles is 1. The molecule has 2 aromatic rings. The van der Waals surface area contributed by atoms with Crippen LogP contribution in [0.1, 0.15) is 102 Å². The lowest BCUT2D eigenvalue weighted by molar-refractivity contribution is -0.199. The normalized spacial score (nSPS) is 28.3. The number of nitrogens with zero attached hydrogens (tertiary/aromatic N) is 9. The number of likely N-dealkylation sites (N-methyl/N-ethyl adjacent to an activating group) is 1. The van der Waals surface area contributed by atoms with Gasteiger partial charge in [-0.05, 0) is 99.7 Å². The summed E-state index contributed by atoms with van der Waals surface area (Å²) in [4.78, 5) is 42.6. The number of hydrogen-bond acceptors (Lipinski definition) is 13. The SMILES string of the molecule is C[C@H](Oc1cc(N2C[C@@H](C)N(C(=O)OC(C)(C)C)[C@@H](C)C2)nc(C2(O)CC([C@@]3(C)CCCc4sc(/N=C/N(C)C)c(C#N)c43)=NO2)n1)[C@@H]1CCCN1C. The van der Waals surface area contributed by atoms with Crippen LogP contribution in [0.2, 0.25) is 0 Å². The highest BCUT2D eigenvalue weighted by Gasteiger charge is 2.51. The molecule has 0 spiro atoms. The average Bonchev–Trinajstić information content (AvgIpc) is 3.80. The summed E-state index contributed by atoms with van der Waals surface area (Å²) in [7, 11) is 5.89. The number of aliphatic hydroxyl groups is 1. The summed E-state index contributed by atoms with van der Waals surface area (Å²) in [6.45, 7) is 15.7. The zero-order chi connectivity index (χ0) is 38.5. The summed E-state index contributed by atoms with van der Waals surface area (Å²) in [6.07, 6.45) is 5.80. The van der Waals surface area contributed by atoms with E-state index in [0.29, 0.717) is 41.1 Å². The molecule has 4 aliphatic rings. The molecule has 53 heavy (non-hydrogen) atoms. The lowest BCUT2D eigenvalue weighted by Crippen LogP contribution is -2.59. The maximum absolute atomic E-state index is 13.2. The van der Waals surface area contributed by atoms with Crippen molar-refractivity contribution in [3.8, 4) is 11.9 Å². The van der Waals surface area contributed by atoms with Crippen LogP contribution < -0.4 is 9.64 Å². The Bertz CT molecular complexity index is 1790. The van der Waals surface area contributed by atoms with Gasteiger partial charge in [-0.25, -0.2) is 14.8 Å². The van der Waals surface area contributed by atoms with Gasteiger partial charge in [0, 0.05) is 49.6 Å². The molecule has 6 atom stereocenters. The topological polar surface area (TPSA) is 152 Å². The number of hydrogen-bond donors (Lipinski definition) is 1. The molecule has 0 radical (unpaired) electrons. The Kier molecular flexibility index (Phi) is 10.7. The fourth-order valence-electron chi connectivity index (χ4n) is 8.23. The third-order valence-electron chi connectivity index (χ3n) is 10.8. The number of oxime groups is 1. The molecule has 3 aliphatic heterocycles. The largest absolute Gasteiger partial charge is 0.473 e. The molecule has 14 nitrogen and oxygen atoms in total. The number of aliphatic imine (C=N–C) groups is 1. The van der Waals surface area contributed by atoms with Crippen molar-refractivity contribution in [3.05, 3.63) is 27.9 Å². The summed E-state index contributed by atoms with van der Waals surface area (Å²) < 4.78 is 12.3. The molecule has 1 N–H and O–H groups in total. The van der Waals surface area contributed by atoms with Crippen LogP contribution in [0, 0.1) is 11.3 Å². The monoisotopic (exact) mass is 749 g/mol. The molecule has 0 saturated carbocycles. The Morgan fingerprint density at radius 2 is 1.96 bits per heavy atom. The molecule has 15 heteroatoms. The highest BCUT2D eigenvalue weighted by molar-refractivity contribution is 7.16. The highest BCUT2D eigenvalue weighted by atomic mass is 32.1. The quantitative estimate of drug-likeness (QED) is 0.268. The lowest BCUT2D eigenvalue weighted by Gasteiger charge is -2.45. The number of amides is 1. The smallest absolute Gasteiger partial charge is 0.410 e. The van der Waals surface area contributed by atoms with Crippen LogP contribution in [0.5, 0.6) is 5.88 Å². The first-order valence-electron chi connectivity index (χ1n) is 18.7. The van der Waals surface area contributed by atoms with Gasteiger partial charge >= 0.3 is 11.9 Å². The molecule has 6 rings (SSSR count). The number of carbonyl (C=O) groups excluding carboxylic acids is 1. The van der Waals surface area contributed by atoms with Gasteiger partial charge in [-0.2, -0.15) is 10.2 Å². The van der Waals surface area contributed by atoms with Crippen molar-refractivity contribution in [2.75, 3.05) is 45.7 Å². The molecule has 1 aliphatic carbocycles. The van der Waals surface area contributed by atoms with Crippen LogP contribution in [0.25, 0.3) is 0 Å². The molecule has 288 valence electrons. The third kappa shape index (κ3) is 7.82. The Hall–Kier alpha value is -4.00. The van der Waals surface area contributed by atoms with Gasteiger partial charge in [0.05, 0.1) is 36.1 Å². The molecule has 0 bridgehead atoms. The first-order chi connectivity index (χ1) is 24.9. The number of piperazine rings is 1. The van der Waals surface area contributed by atoms with Gasteiger partial charge in [-0.3, -0.25) is 9.80 Å². The van der Waals surface area contributed by atoms with Gasteiger partial charge in [-0.15, -0.1) is 11.3 Å². The molecule has 2 aromatic heterocycles. The van der Waals surface area contributed by atoms with Crippen LogP contribution >= 0.6 is 11.3 Å². The van der Waals surface area contributed by atoms with Gasteiger partial charge in [0.2, 0.25) is 11.7 Å². The molecule has 1 unspecified atom stereocenters. The summed E-state index contributed by atoms with van der Waals surface area (Å²) >= 11 is 1.54. The molecule has 5 heterocycles. The summed E-state index contributed by atoms with van der Waals surface area (Å²) in [5, 5.41) is 27.8. The second kappa shape index (κ2) is 14.7. The Morgan fingerprint density at radius 3 is 2.58 bits per heavy atom. The van der Waals surface area contributed by atoms with E-state index in [0.717, 1.165) is 49.1 Å². The van der Waals surface area contributed by atoms with Gasteiger partial charge in [0.25, 0.3) is 0 Å². The van der Waals surface area contributed by atoms with E-state index in [2.05, 4.69) is 40.0 Å². The highest BCUT2D eigenvalue weighted by Crippen LogP contribution is 2.51. The summed E-state index contributed by atoms with van der Waals surface area (Å²) in [5.41, 5.74) is 0.808. The van der Waals surface area contributed by atoms with Crippen LogP contribution in [-0.4, -0.2) is 119 Å². The van der Waals surface area contributed by atoms with E-state index in [-0.39, 0.29) is 42.6 Å². The lowest BCUT2D eigenvalue weighted by atomic mass is 9.68. The molecular formula is C38H55N9O5S. The number of aryl methyl sites for hydroxylation is 1. The van der Waals surface area contributed by atoms with Gasteiger partial charge in [0.1, 0.15) is 28.6 Å². The van der Waals surface area contributed by atoms with Crippen molar-refractivity contribution in [2.45, 2.75) is 128 Å². The predicted octanol–water partition coefficient (Wildman–Crippen LogP) is 5.54. The minimum Gasteiger partial charge on any atom is -0.473 e. The average molecular weight is 750 g/mol.